The quantitative estimate of drug-likeness (QED) is 0.211. The van der Waals surface area contributed by atoms with Crippen LogP contribution in [0.3, 0.4) is 0 Å². The normalized spacial score (nSPS) is 15.8. The van der Waals surface area contributed by atoms with E-state index >= 15 is 0 Å². The molecule has 0 bridgehead atoms. The van der Waals surface area contributed by atoms with Crippen LogP contribution in [0, 0.1) is 0 Å². The number of carbonyl (C=O) groups is 1. The van der Waals surface area contributed by atoms with Crippen molar-refractivity contribution in [3.8, 4) is 11.5 Å². The molecule has 0 atom stereocenters. The van der Waals surface area contributed by atoms with Crippen molar-refractivity contribution in [3.05, 3.63) is 105 Å². The van der Waals surface area contributed by atoms with Gasteiger partial charge in [0, 0.05) is 22.2 Å². The SMILES string of the molecule is C=CCN1C(=O)C(=Cc2ccc(OCc3ccccc3Cl)c(OC)c2)SC1=NS(=O)(=O)c1ccc(Cl)cc1. The zero-order valence-corrected chi connectivity index (χ0v) is 23.3. The molecule has 1 saturated heterocycles. The van der Waals surface area contributed by atoms with Gasteiger partial charge in [0.15, 0.2) is 16.7 Å². The van der Waals surface area contributed by atoms with Gasteiger partial charge in [-0.05, 0) is 65.9 Å². The number of ether oxygens (including phenoxy) is 2. The highest BCUT2D eigenvalue weighted by molar-refractivity contribution is 8.19. The van der Waals surface area contributed by atoms with E-state index in [2.05, 4.69) is 11.0 Å². The highest BCUT2D eigenvalue weighted by atomic mass is 35.5. The van der Waals surface area contributed by atoms with Crippen molar-refractivity contribution in [2.24, 2.45) is 4.40 Å². The Bertz CT molecular complexity index is 1540. The number of hydrogen-bond donors (Lipinski definition) is 0. The van der Waals surface area contributed by atoms with Crippen molar-refractivity contribution >= 4 is 62.1 Å². The van der Waals surface area contributed by atoms with Crippen molar-refractivity contribution in [2.75, 3.05) is 13.7 Å². The molecule has 7 nitrogen and oxygen atoms in total. The van der Waals surface area contributed by atoms with Crippen LogP contribution in [-0.2, 0) is 21.4 Å². The minimum absolute atomic E-state index is 0.0303. The third-order valence-electron chi connectivity index (χ3n) is 5.34. The zero-order chi connectivity index (χ0) is 27.3. The highest BCUT2D eigenvalue weighted by Crippen LogP contribution is 2.36. The average molecular weight is 590 g/mol. The molecular formula is C27H22Cl2N2O5S2. The van der Waals surface area contributed by atoms with Crippen molar-refractivity contribution in [1.29, 1.82) is 0 Å². The van der Waals surface area contributed by atoms with E-state index in [0.29, 0.717) is 32.0 Å². The van der Waals surface area contributed by atoms with Crippen LogP contribution in [0.5, 0.6) is 11.5 Å². The van der Waals surface area contributed by atoms with E-state index in [1.165, 1.54) is 42.4 Å². The molecule has 0 unspecified atom stereocenters. The first-order chi connectivity index (χ1) is 18.2. The van der Waals surface area contributed by atoms with E-state index in [-0.39, 0.29) is 23.2 Å². The first-order valence-corrected chi connectivity index (χ1v) is 14.2. The van der Waals surface area contributed by atoms with Crippen LogP contribution < -0.4 is 9.47 Å². The van der Waals surface area contributed by atoms with Crippen LogP contribution in [-0.4, -0.2) is 38.0 Å². The molecule has 0 saturated carbocycles. The Kier molecular flexibility index (Phi) is 8.83. The fourth-order valence-electron chi connectivity index (χ4n) is 3.44. The molecule has 0 aromatic heterocycles. The van der Waals surface area contributed by atoms with Gasteiger partial charge in [0.25, 0.3) is 15.9 Å². The molecule has 0 aliphatic carbocycles. The number of hydrogen-bond acceptors (Lipinski definition) is 6. The van der Waals surface area contributed by atoms with Gasteiger partial charge in [-0.3, -0.25) is 9.69 Å². The van der Waals surface area contributed by atoms with Crippen molar-refractivity contribution < 1.29 is 22.7 Å². The van der Waals surface area contributed by atoms with Gasteiger partial charge >= 0.3 is 0 Å². The minimum atomic E-state index is -4.07. The van der Waals surface area contributed by atoms with Crippen LogP contribution in [0.15, 0.2) is 93.6 Å². The van der Waals surface area contributed by atoms with Gasteiger partial charge in [0.2, 0.25) is 0 Å². The molecule has 0 spiro atoms. The van der Waals surface area contributed by atoms with Crippen LogP contribution in [0.1, 0.15) is 11.1 Å². The summed E-state index contributed by atoms with van der Waals surface area (Å²) in [4.78, 5) is 14.6. The minimum Gasteiger partial charge on any atom is -0.493 e. The van der Waals surface area contributed by atoms with Gasteiger partial charge in [-0.1, -0.05) is 53.5 Å². The molecule has 1 fully saturated rings. The maximum Gasteiger partial charge on any atom is 0.284 e. The molecule has 1 aliphatic rings. The highest BCUT2D eigenvalue weighted by Gasteiger charge is 2.34. The molecule has 11 heteroatoms. The Morgan fingerprint density at radius 2 is 1.79 bits per heavy atom. The van der Waals surface area contributed by atoms with Crippen LogP contribution in [0.4, 0.5) is 0 Å². The zero-order valence-electron chi connectivity index (χ0n) is 20.1. The fourth-order valence-corrected chi connectivity index (χ4v) is 5.95. The summed E-state index contributed by atoms with van der Waals surface area (Å²) in [5, 5.41) is 1.03. The number of amidine groups is 1. The number of methoxy groups -OCH3 is 1. The van der Waals surface area contributed by atoms with Crippen LogP contribution in [0.25, 0.3) is 6.08 Å². The second-order valence-electron chi connectivity index (χ2n) is 7.91. The monoisotopic (exact) mass is 588 g/mol. The van der Waals surface area contributed by atoms with Gasteiger partial charge in [-0.2, -0.15) is 8.42 Å². The smallest absolute Gasteiger partial charge is 0.284 e. The van der Waals surface area contributed by atoms with Gasteiger partial charge in [-0.15, -0.1) is 11.0 Å². The standard InChI is InChI=1S/C27H22Cl2N2O5S2/c1-3-14-31-26(32)25(37-27(31)30-38(33,34)21-11-9-20(28)10-12-21)16-18-8-13-23(24(15-18)35-2)36-17-19-6-4-5-7-22(19)29/h3-13,15-16H,1,14,17H2,2H3. The van der Waals surface area contributed by atoms with Gasteiger partial charge in [0.1, 0.15) is 6.61 Å². The van der Waals surface area contributed by atoms with Gasteiger partial charge in [-0.25, -0.2) is 0 Å². The van der Waals surface area contributed by atoms with Crippen molar-refractivity contribution in [1.82, 2.24) is 4.90 Å². The Balaban J connectivity index is 1.59. The van der Waals surface area contributed by atoms with Gasteiger partial charge < -0.3 is 9.47 Å². The summed E-state index contributed by atoms with van der Waals surface area (Å²) < 4.78 is 41.0. The van der Waals surface area contributed by atoms with E-state index < -0.39 is 15.9 Å². The topological polar surface area (TPSA) is 85.3 Å². The molecule has 0 N–H and O–H groups in total. The Labute approximate surface area is 235 Å². The number of nitrogens with zero attached hydrogens (tertiary/aromatic N) is 2. The second kappa shape index (κ2) is 12.1. The number of carbonyl (C=O) groups excluding carboxylic acids is 1. The Morgan fingerprint density at radius 1 is 1.05 bits per heavy atom. The second-order valence-corrected chi connectivity index (χ2v) is 11.4. The summed E-state index contributed by atoms with van der Waals surface area (Å²) in [6.07, 6.45) is 3.14. The lowest BCUT2D eigenvalue weighted by Gasteiger charge is -2.13. The first kappa shape index (κ1) is 27.8. The molecule has 3 aromatic rings. The maximum absolute atomic E-state index is 13.1. The number of thioether (sulfide) groups is 1. The third kappa shape index (κ3) is 6.42. The summed E-state index contributed by atoms with van der Waals surface area (Å²) >= 11 is 13.0. The largest absolute Gasteiger partial charge is 0.493 e. The Hall–Kier alpha value is -3.24. The van der Waals surface area contributed by atoms with E-state index in [1.807, 2.05) is 18.2 Å². The molecule has 1 heterocycles. The molecule has 1 aliphatic heterocycles. The number of amides is 1. The van der Waals surface area contributed by atoms with Crippen LogP contribution >= 0.6 is 35.0 Å². The predicted molar refractivity (Wildman–Crippen MR) is 152 cm³/mol. The van der Waals surface area contributed by atoms with E-state index in [1.54, 1.807) is 30.3 Å². The summed E-state index contributed by atoms with van der Waals surface area (Å²) in [6, 6.07) is 18.2. The lowest BCUT2D eigenvalue weighted by Crippen LogP contribution is -2.29. The summed E-state index contributed by atoms with van der Waals surface area (Å²) in [6.45, 7) is 4.01. The maximum atomic E-state index is 13.1. The molecular weight excluding hydrogens is 567 g/mol. The van der Waals surface area contributed by atoms with Gasteiger partial charge in [0.05, 0.1) is 16.9 Å². The predicted octanol–water partition coefficient (Wildman–Crippen LogP) is 6.43. The molecule has 196 valence electrons. The summed E-state index contributed by atoms with van der Waals surface area (Å²) in [5.41, 5.74) is 1.49. The Morgan fingerprint density at radius 3 is 2.47 bits per heavy atom. The van der Waals surface area contributed by atoms with E-state index in [0.717, 1.165) is 17.3 Å². The lowest BCUT2D eigenvalue weighted by molar-refractivity contribution is -0.121. The molecule has 3 aromatic carbocycles. The third-order valence-corrected chi connectivity index (χ3v) is 8.36. The molecule has 4 rings (SSSR count). The number of sulfonamides is 1. The van der Waals surface area contributed by atoms with E-state index in [4.69, 9.17) is 32.7 Å². The number of rotatable bonds is 9. The molecule has 38 heavy (non-hydrogen) atoms. The molecule has 0 radical (unpaired) electrons. The fraction of sp³-hybridized carbons (Fsp3) is 0.111. The van der Waals surface area contributed by atoms with Crippen LogP contribution in [0.2, 0.25) is 10.0 Å². The van der Waals surface area contributed by atoms with E-state index in [9.17, 15) is 13.2 Å². The summed E-state index contributed by atoms with van der Waals surface area (Å²) in [5.74, 6) is 0.575. The van der Waals surface area contributed by atoms with Crippen molar-refractivity contribution in [3.63, 3.8) is 0 Å². The number of benzene rings is 3. The average Bonchev–Trinajstić information content (AvgIpc) is 3.17. The van der Waals surface area contributed by atoms with Crippen molar-refractivity contribution in [2.45, 2.75) is 11.5 Å². The number of halogens is 2. The lowest BCUT2D eigenvalue weighted by atomic mass is 10.1. The first-order valence-electron chi connectivity index (χ1n) is 11.2. The summed E-state index contributed by atoms with van der Waals surface area (Å²) in [7, 11) is -2.56. The molecule has 1 amide bonds.